The van der Waals surface area contributed by atoms with Crippen LogP contribution in [0.4, 0.5) is 0 Å². The van der Waals surface area contributed by atoms with E-state index in [9.17, 15) is 13.2 Å². The Balaban J connectivity index is 2.15. The molecule has 0 bridgehead atoms. The fourth-order valence-electron chi connectivity index (χ4n) is 1.59. The van der Waals surface area contributed by atoms with Crippen molar-refractivity contribution in [3.8, 4) is 0 Å². The van der Waals surface area contributed by atoms with Gasteiger partial charge in [-0.25, -0.2) is 8.42 Å². The third kappa shape index (κ3) is 3.87. The number of hydrogen-bond acceptors (Lipinski definition) is 4. The Morgan fingerprint density at radius 3 is 2.67 bits per heavy atom. The van der Waals surface area contributed by atoms with Gasteiger partial charge in [0.05, 0.1) is 4.90 Å². The predicted molar refractivity (Wildman–Crippen MR) is 80.9 cm³/mol. The van der Waals surface area contributed by atoms with Gasteiger partial charge in [-0.2, -0.15) is 0 Å². The van der Waals surface area contributed by atoms with E-state index >= 15 is 0 Å². The first-order valence-corrected chi connectivity index (χ1v) is 8.17. The van der Waals surface area contributed by atoms with Gasteiger partial charge in [-0.15, -0.1) is 4.83 Å². The number of amides is 1. The maximum atomic E-state index is 12.2. The van der Waals surface area contributed by atoms with Crippen LogP contribution < -0.4 is 10.3 Å². The zero-order chi connectivity index (χ0) is 15.5. The van der Waals surface area contributed by atoms with E-state index in [0.29, 0.717) is 10.0 Å². The van der Waals surface area contributed by atoms with Crippen molar-refractivity contribution in [2.45, 2.75) is 11.8 Å². The highest BCUT2D eigenvalue weighted by molar-refractivity contribution is 9.10. The molecule has 0 fully saturated rings. The molecular formula is C13H12BrN3O3S. The maximum Gasteiger partial charge on any atom is 0.284 e. The summed E-state index contributed by atoms with van der Waals surface area (Å²) in [6.45, 7) is 1.67. The molecule has 2 rings (SSSR count). The number of benzene rings is 1. The van der Waals surface area contributed by atoms with Crippen LogP contribution in [0, 0.1) is 6.92 Å². The topological polar surface area (TPSA) is 88.2 Å². The van der Waals surface area contributed by atoms with Crippen molar-refractivity contribution in [2.75, 3.05) is 0 Å². The van der Waals surface area contributed by atoms with Gasteiger partial charge in [0.25, 0.3) is 15.9 Å². The number of carbonyl (C=O) groups excluding carboxylic acids is 1. The molecule has 0 saturated carbocycles. The maximum absolute atomic E-state index is 12.2. The summed E-state index contributed by atoms with van der Waals surface area (Å²) in [4.78, 5) is 17.7. The molecule has 2 aromatic rings. The minimum atomic E-state index is -3.86. The van der Waals surface area contributed by atoms with E-state index in [0.717, 1.165) is 0 Å². The lowest BCUT2D eigenvalue weighted by molar-refractivity contribution is 0.0940. The molecule has 0 aliphatic rings. The molecule has 1 heterocycles. The van der Waals surface area contributed by atoms with Crippen LogP contribution in [0.25, 0.3) is 0 Å². The van der Waals surface area contributed by atoms with Crippen molar-refractivity contribution >= 4 is 31.9 Å². The average Bonchev–Trinajstić information content (AvgIpc) is 2.48. The Kier molecular flexibility index (Phi) is 4.71. The van der Waals surface area contributed by atoms with Gasteiger partial charge in [0.15, 0.2) is 0 Å². The minimum absolute atomic E-state index is 0.0817. The van der Waals surface area contributed by atoms with Gasteiger partial charge in [-0.05, 0) is 36.8 Å². The molecule has 0 aliphatic heterocycles. The van der Waals surface area contributed by atoms with E-state index in [1.165, 1.54) is 18.3 Å². The third-order valence-corrected chi connectivity index (χ3v) is 4.52. The number of nitrogens with one attached hydrogen (secondary N) is 2. The quantitative estimate of drug-likeness (QED) is 0.803. The molecule has 0 unspecified atom stereocenters. The van der Waals surface area contributed by atoms with Crippen LogP contribution in [0.2, 0.25) is 0 Å². The van der Waals surface area contributed by atoms with Gasteiger partial charge < -0.3 is 0 Å². The highest BCUT2D eigenvalue weighted by atomic mass is 79.9. The smallest absolute Gasteiger partial charge is 0.272 e. The van der Waals surface area contributed by atoms with E-state index in [2.05, 4.69) is 31.2 Å². The van der Waals surface area contributed by atoms with E-state index in [1.54, 1.807) is 31.2 Å². The number of hydrazine groups is 1. The van der Waals surface area contributed by atoms with Crippen molar-refractivity contribution in [3.63, 3.8) is 0 Å². The van der Waals surface area contributed by atoms with E-state index < -0.39 is 15.9 Å². The molecule has 21 heavy (non-hydrogen) atoms. The Morgan fingerprint density at radius 2 is 2.00 bits per heavy atom. The Labute approximate surface area is 130 Å². The number of carbonyl (C=O) groups is 1. The third-order valence-electron chi connectivity index (χ3n) is 2.64. The van der Waals surface area contributed by atoms with Crippen LogP contribution in [0.15, 0.2) is 52.0 Å². The standard InChI is InChI=1S/C13H12BrN3O3S/c1-9-5-6-10(14)8-12(9)21(19,20)17-16-13(18)11-4-2-3-7-15-11/h2-8,17H,1H3,(H,16,18). The number of rotatable bonds is 4. The molecule has 2 N–H and O–H groups in total. The fraction of sp³-hybridized carbons (Fsp3) is 0.0769. The molecule has 6 nitrogen and oxygen atoms in total. The molecule has 1 amide bonds. The molecule has 0 aliphatic carbocycles. The lowest BCUT2D eigenvalue weighted by atomic mass is 10.2. The molecule has 8 heteroatoms. The number of halogens is 1. The molecule has 1 aromatic carbocycles. The highest BCUT2D eigenvalue weighted by Crippen LogP contribution is 2.20. The zero-order valence-electron chi connectivity index (χ0n) is 11.0. The number of aromatic nitrogens is 1. The second-order valence-corrected chi connectivity index (χ2v) is 6.75. The second-order valence-electron chi connectivity index (χ2n) is 4.18. The van der Waals surface area contributed by atoms with Gasteiger partial charge in [-0.1, -0.05) is 28.1 Å². The summed E-state index contributed by atoms with van der Waals surface area (Å²) in [5, 5.41) is 0. The monoisotopic (exact) mass is 369 g/mol. The molecule has 1 aromatic heterocycles. The molecule has 0 spiro atoms. The van der Waals surface area contributed by atoms with E-state index in [-0.39, 0.29) is 10.6 Å². The lowest BCUT2D eigenvalue weighted by Gasteiger charge is -2.10. The van der Waals surface area contributed by atoms with Gasteiger partial charge in [-0.3, -0.25) is 15.2 Å². The summed E-state index contributed by atoms with van der Waals surface area (Å²) >= 11 is 3.22. The van der Waals surface area contributed by atoms with Gasteiger partial charge in [0.1, 0.15) is 5.69 Å². The van der Waals surface area contributed by atoms with Crippen LogP contribution in [-0.2, 0) is 10.0 Å². The first kappa shape index (κ1) is 15.6. The van der Waals surface area contributed by atoms with Gasteiger partial charge >= 0.3 is 0 Å². The van der Waals surface area contributed by atoms with Crippen LogP contribution >= 0.6 is 15.9 Å². The number of pyridine rings is 1. The summed E-state index contributed by atoms with van der Waals surface area (Å²) in [7, 11) is -3.86. The molecule has 0 radical (unpaired) electrons. The summed E-state index contributed by atoms with van der Waals surface area (Å²) in [5.74, 6) is -0.633. The highest BCUT2D eigenvalue weighted by Gasteiger charge is 2.18. The number of nitrogens with zero attached hydrogens (tertiary/aromatic N) is 1. The first-order valence-electron chi connectivity index (χ1n) is 5.89. The summed E-state index contributed by atoms with van der Waals surface area (Å²) < 4.78 is 25.0. The van der Waals surface area contributed by atoms with Crippen molar-refractivity contribution in [1.82, 2.24) is 15.2 Å². The van der Waals surface area contributed by atoms with Crippen molar-refractivity contribution in [2.24, 2.45) is 0 Å². The molecular weight excluding hydrogens is 358 g/mol. The lowest BCUT2D eigenvalue weighted by Crippen LogP contribution is -2.42. The summed E-state index contributed by atoms with van der Waals surface area (Å²) in [6, 6.07) is 9.64. The fourth-order valence-corrected chi connectivity index (χ4v) is 3.22. The SMILES string of the molecule is Cc1ccc(Br)cc1S(=O)(=O)NNC(=O)c1ccccn1. The molecule has 110 valence electrons. The Bertz CT molecular complexity index is 763. The van der Waals surface area contributed by atoms with Crippen molar-refractivity contribution in [1.29, 1.82) is 0 Å². The van der Waals surface area contributed by atoms with Crippen LogP contribution in [-0.4, -0.2) is 19.3 Å². The number of hydrogen-bond donors (Lipinski definition) is 2. The van der Waals surface area contributed by atoms with Crippen molar-refractivity contribution < 1.29 is 13.2 Å². The first-order chi connectivity index (χ1) is 9.90. The van der Waals surface area contributed by atoms with Gasteiger partial charge in [0.2, 0.25) is 0 Å². The number of sulfonamides is 1. The minimum Gasteiger partial charge on any atom is -0.272 e. The van der Waals surface area contributed by atoms with Crippen LogP contribution in [0.1, 0.15) is 16.1 Å². The average molecular weight is 370 g/mol. The van der Waals surface area contributed by atoms with Gasteiger partial charge in [0, 0.05) is 10.7 Å². The number of aryl methyl sites for hydroxylation is 1. The largest absolute Gasteiger partial charge is 0.284 e. The molecule has 0 atom stereocenters. The summed E-state index contributed by atoms with van der Waals surface area (Å²) in [5.41, 5.74) is 2.81. The normalized spacial score (nSPS) is 11.1. The Hall–Kier alpha value is -1.77. The Morgan fingerprint density at radius 1 is 1.24 bits per heavy atom. The van der Waals surface area contributed by atoms with E-state index in [4.69, 9.17) is 0 Å². The van der Waals surface area contributed by atoms with Crippen LogP contribution in [0.5, 0.6) is 0 Å². The van der Waals surface area contributed by atoms with E-state index in [1.807, 2.05) is 0 Å². The molecule has 0 saturated heterocycles. The van der Waals surface area contributed by atoms with Crippen molar-refractivity contribution in [3.05, 3.63) is 58.3 Å². The predicted octanol–water partition coefficient (Wildman–Crippen LogP) is 1.78. The summed E-state index contributed by atoms with van der Waals surface area (Å²) in [6.07, 6.45) is 1.45. The zero-order valence-corrected chi connectivity index (χ0v) is 13.4. The van der Waals surface area contributed by atoms with Crippen LogP contribution in [0.3, 0.4) is 0 Å². The second kappa shape index (κ2) is 6.33.